The second-order valence-electron chi connectivity index (χ2n) is 4.87. The molecule has 3 rings (SSSR count). The molecule has 0 saturated heterocycles. The zero-order chi connectivity index (χ0) is 18.8. The lowest BCUT2D eigenvalue weighted by atomic mass is 10.1. The van der Waals surface area contributed by atoms with Crippen LogP contribution in [0.4, 0.5) is 13.2 Å². The number of nitrogens with one attached hydrogen (secondary N) is 2. The van der Waals surface area contributed by atoms with Gasteiger partial charge < -0.3 is 15.4 Å². The third-order valence-electron chi connectivity index (χ3n) is 3.16. The summed E-state index contributed by atoms with van der Waals surface area (Å²) in [6, 6.07) is 3.47. The van der Waals surface area contributed by atoms with Crippen LogP contribution in [0.5, 0.6) is 0 Å². The van der Waals surface area contributed by atoms with Gasteiger partial charge in [0.25, 0.3) is 5.91 Å². The Hall–Kier alpha value is -2.26. The highest BCUT2D eigenvalue weighted by atomic mass is 35.5. The molecule has 0 bridgehead atoms. The largest absolute Gasteiger partial charge is 0.490 e. The van der Waals surface area contributed by atoms with Crippen LogP contribution in [0.3, 0.4) is 0 Å². The number of pyridine rings is 1. The van der Waals surface area contributed by atoms with Crippen molar-refractivity contribution in [3.63, 3.8) is 0 Å². The number of hydrogen-bond donors (Lipinski definition) is 3. The molecule has 11 heteroatoms. The van der Waals surface area contributed by atoms with E-state index in [1.807, 2.05) is 0 Å². The zero-order valence-electron chi connectivity index (χ0n) is 12.2. The molecule has 2 aromatic rings. The molecule has 0 aliphatic carbocycles. The van der Waals surface area contributed by atoms with Crippen LogP contribution in [0.2, 0.25) is 10.2 Å². The highest BCUT2D eigenvalue weighted by Gasteiger charge is 2.38. The van der Waals surface area contributed by atoms with Crippen LogP contribution in [-0.2, 0) is 11.2 Å². The molecule has 1 amide bonds. The van der Waals surface area contributed by atoms with E-state index in [2.05, 4.69) is 15.3 Å². The number of aliphatic carboxylic acids is 1. The van der Waals surface area contributed by atoms with Gasteiger partial charge in [-0.1, -0.05) is 23.2 Å². The van der Waals surface area contributed by atoms with E-state index >= 15 is 0 Å². The highest BCUT2D eigenvalue weighted by molar-refractivity contribution is 6.34. The number of H-pyrrole nitrogens is 1. The minimum absolute atomic E-state index is 0.0602. The normalized spacial score (nSPS) is 13.4. The van der Waals surface area contributed by atoms with Crippen molar-refractivity contribution < 1.29 is 27.9 Å². The van der Waals surface area contributed by atoms with Gasteiger partial charge in [0.15, 0.2) is 0 Å². The van der Waals surface area contributed by atoms with Gasteiger partial charge in [0.05, 0.1) is 10.6 Å². The summed E-state index contributed by atoms with van der Waals surface area (Å²) in [7, 11) is 0. The molecule has 0 saturated carbocycles. The van der Waals surface area contributed by atoms with E-state index in [4.69, 9.17) is 33.1 Å². The minimum Gasteiger partial charge on any atom is -0.475 e. The molecule has 0 atom stereocenters. The highest BCUT2D eigenvalue weighted by Crippen LogP contribution is 2.30. The van der Waals surface area contributed by atoms with Crippen LogP contribution < -0.4 is 5.32 Å². The summed E-state index contributed by atoms with van der Waals surface area (Å²) in [6.07, 6.45) is -2.80. The fraction of sp³-hybridized carbons (Fsp3) is 0.214. The lowest BCUT2D eigenvalue weighted by Crippen LogP contribution is -2.31. The molecule has 3 heterocycles. The van der Waals surface area contributed by atoms with E-state index in [1.165, 1.54) is 6.20 Å². The first-order chi connectivity index (χ1) is 11.6. The monoisotopic (exact) mass is 395 g/mol. The van der Waals surface area contributed by atoms with Crippen LogP contribution in [0.1, 0.15) is 16.1 Å². The number of nitrogens with zero attached hydrogens (tertiary/aromatic N) is 1. The van der Waals surface area contributed by atoms with Gasteiger partial charge in [0.1, 0.15) is 5.15 Å². The first-order valence-corrected chi connectivity index (χ1v) is 7.46. The number of carbonyl (C=O) groups is 2. The number of fused-ring (bicyclic) bond motifs is 1. The van der Waals surface area contributed by atoms with E-state index in [0.717, 1.165) is 23.4 Å². The molecule has 0 unspecified atom stereocenters. The van der Waals surface area contributed by atoms with Gasteiger partial charge in [0.2, 0.25) is 0 Å². The molecular weight excluding hydrogens is 386 g/mol. The van der Waals surface area contributed by atoms with Crippen LogP contribution in [0.15, 0.2) is 18.3 Å². The Kier molecular flexibility index (Phi) is 5.58. The van der Waals surface area contributed by atoms with Crippen molar-refractivity contribution in [3.05, 3.63) is 39.8 Å². The van der Waals surface area contributed by atoms with E-state index in [0.29, 0.717) is 22.3 Å². The number of amides is 1. The van der Waals surface area contributed by atoms with E-state index < -0.39 is 12.1 Å². The topological polar surface area (TPSA) is 95.1 Å². The van der Waals surface area contributed by atoms with E-state index in [-0.39, 0.29) is 5.91 Å². The van der Waals surface area contributed by atoms with Gasteiger partial charge >= 0.3 is 12.1 Å². The number of carboxylic acids is 1. The zero-order valence-corrected chi connectivity index (χ0v) is 13.8. The molecule has 0 fully saturated rings. The van der Waals surface area contributed by atoms with E-state index in [1.54, 1.807) is 12.1 Å². The Bertz CT molecular complexity index is 821. The SMILES string of the molecule is O=C(O)C(F)(F)F.O=C1NCCc2[nH]c(-c3cc(Cl)ncc3Cl)cc21. The molecule has 134 valence electrons. The third-order valence-corrected chi connectivity index (χ3v) is 3.67. The van der Waals surface area contributed by atoms with Gasteiger partial charge in [0, 0.05) is 36.1 Å². The first kappa shape index (κ1) is 19.1. The van der Waals surface area contributed by atoms with Crippen molar-refractivity contribution in [1.82, 2.24) is 15.3 Å². The Balaban J connectivity index is 0.000000277. The Morgan fingerprint density at radius 3 is 2.44 bits per heavy atom. The lowest BCUT2D eigenvalue weighted by molar-refractivity contribution is -0.192. The number of halogens is 5. The Labute approximate surface area is 149 Å². The number of carbonyl (C=O) groups excluding carboxylic acids is 1. The smallest absolute Gasteiger partial charge is 0.475 e. The maximum absolute atomic E-state index is 11.7. The van der Waals surface area contributed by atoms with Crippen molar-refractivity contribution >= 4 is 35.1 Å². The molecule has 0 spiro atoms. The number of hydrogen-bond acceptors (Lipinski definition) is 3. The standard InChI is InChI=1S/C12H9Cl2N3O.C2HF3O2/c13-8-5-16-11(14)4-6(8)10-3-7-9(17-10)1-2-15-12(7)18;3-2(4,5)1(6)7/h3-5,17H,1-2H2,(H,15,18);(H,6,7). The van der Waals surface area contributed by atoms with Crippen molar-refractivity contribution in [2.45, 2.75) is 12.6 Å². The van der Waals surface area contributed by atoms with Crippen molar-refractivity contribution in [3.8, 4) is 11.3 Å². The first-order valence-electron chi connectivity index (χ1n) is 6.71. The average Bonchev–Trinajstić information content (AvgIpc) is 2.95. The number of alkyl halides is 3. The summed E-state index contributed by atoms with van der Waals surface area (Å²) in [6.45, 7) is 0.649. The summed E-state index contributed by atoms with van der Waals surface area (Å²) in [5, 5.41) is 10.8. The minimum atomic E-state index is -5.08. The second-order valence-corrected chi connectivity index (χ2v) is 5.67. The predicted molar refractivity (Wildman–Crippen MR) is 83.8 cm³/mol. The van der Waals surface area contributed by atoms with Gasteiger partial charge in [-0.2, -0.15) is 13.2 Å². The molecular formula is C14H10Cl2F3N3O3. The fourth-order valence-corrected chi connectivity index (χ4v) is 2.42. The van der Waals surface area contributed by atoms with Crippen LogP contribution >= 0.6 is 23.2 Å². The average molecular weight is 396 g/mol. The molecule has 1 aliphatic heterocycles. The fourth-order valence-electron chi connectivity index (χ4n) is 2.06. The lowest BCUT2D eigenvalue weighted by Gasteiger charge is -2.10. The number of aromatic nitrogens is 2. The van der Waals surface area contributed by atoms with Gasteiger partial charge in [-0.15, -0.1) is 0 Å². The molecule has 25 heavy (non-hydrogen) atoms. The third kappa shape index (κ3) is 4.64. The molecule has 0 aromatic carbocycles. The quantitative estimate of drug-likeness (QED) is 0.645. The summed E-state index contributed by atoms with van der Waals surface area (Å²) in [4.78, 5) is 27.7. The number of rotatable bonds is 1. The summed E-state index contributed by atoms with van der Waals surface area (Å²) < 4.78 is 31.7. The van der Waals surface area contributed by atoms with Crippen LogP contribution in [-0.4, -0.2) is 39.7 Å². The molecule has 3 N–H and O–H groups in total. The number of aromatic amines is 1. The molecule has 1 aliphatic rings. The maximum Gasteiger partial charge on any atom is 0.490 e. The van der Waals surface area contributed by atoms with Crippen LogP contribution in [0, 0.1) is 0 Å². The molecule has 2 aromatic heterocycles. The van der Waals surface area contributed by atoms with Crippen molar-refractivity contribution in [2.24, 2.45) is 0 Å². The summed E-state index contributed by atoms with van der Waals surface area (Å²) in [5.74, 6) is -2.82. The second kappa shape index (κ2) is 7.32. The Morgan fingerprint density at radius 1 is 1.24 bits per heavy atom. The number of carboxylic acid groups (broad SMARTS) is 1. The van der Waals surface area contributed by atoms with Crippen molar-refractivity contribution in [1.29, 1.82) is 0 Å². The van der Waals surface area contributed by atoms with Gasteiger partial charge in [-0.25, -0.2) is 9.78 Å². The summed E-state index contributed by atoms with van der Waals surface area (Å²) >= 11 is 11.9. The van der Waals surface area contributed by atoms with Crippen LogP contribution in [0.25, 0.3) is 11.3 Å². The van der Waals surface area contributed by atoms with Gasteiger partial charge in [-0.05, 0) is 12.1 Å². The van der Waals surface area contributed by atoms with Gasteiger partial charge in [-0.3, -0.25) is 4.79 Å². The summed E-state index contributed by atoms with van der Waals surface area (Å²) in [5.41, 5.74) is 3.13. The molecule has 0 radical (unpaired) electrons. The van der Waals surface area contributed by atoms with E-state index in [9.17, 15) is 18.0 Å². The predicted octanol–water partition coefficient (Wildman–Crippen LogP) is 3.30. The van der Waals surface area contributed by atoms with Crippen molar-refractivity contribution in [2.75, 3.05) is 6.54 Å². The molecule has 6 nitrogen and oxygen atoms in total. The Morgan fingerprint density at radius 2 is 1.88 bits per heavy atom. The maximum atomic E-state index is 11.7.